The van der Waals surface area contributed by atoms with Crippen molar-refractivity contribution < 1.29 is 42.2 Å². The maximum atomic E-state index is 15.3. The average molecular weight is 509 g/mol. The van der Waals surface area contributed by atoms with E-state index >= 15 is 8.78 Å². The van der Waals surface area contributed by atoms with Crippen LogP contribution in [-0.2, 0) is 18.7 Å². The first-order chi connectivity index (χ1) is 16.2. The second-order valence-electron chi connectivity index (χ2n) is 9.50. The topological polar surface area (TPSA) is 99.1 Å². The highest BCUT2D eigenvalue weighted by Crippen LogP contribution is 2.38. The van der Waals surface area contributed by atoms with E-state index in [1.54, 1.807) is 58.1 Å². The molecular weight excluding hydrogens is 478 g/mol. The molecule has 0 fully saturated rings. The molecule has 0 amide bonds. The van der Waals surface area contributed by atoms with Crippen molar-refractivity contribution in [2.45, 2.75) is 57.0 Å². The maximum Gasteiger partial charge on any atom is 0.380 e. The molecule has 2 aromatic carbocycles. The van der Waals surface area contributed by atoms with E-state index in [0.717, 1.165) is 0 Å². The zero-order chi connectivity index (χ0) is 26.4. The van der Waals surface area contributed by atoms with Gasteiger partial charge in [0.2, 0.25) is 6.10 Å². The molecule has 190 valence electrons. The number of esters is 2. The number of aliphatic hydroxyl groups excluding tert-OH is 1. The number of carbonyl (C=O) groups excluding carboxylic acids is 3. The third kappa shape index (κ3) is 7.19. The number of hydrogen-bond acceptors (Lipinski definition) is 7. The van der Waals surface area contributed by atoms with Crippen LogP contribution in [0.4, 0.5) is 8.78 Å². The molecule has 0 spiro atoms. The second kappa shape index (κ2) is 11.1. The van der Waals surface area contributed by atoms with E-state index in [1.165, 1.54) is 36.4 Å². The summed E-state index contributed by atoms with van der Waals surface area (Å²) in [4.78, 5) is 37.3. The largest absolute Gasteiger partial charge is 0.515 e. The van der Waals surface area contributed by atoms with Crippen molar-refractivity contribution in [1.29, 1.82) is 0 Å². The number of carbonyl (C=O) groups is 3. The summed E-state index contributed by atoms with van der Waals surface area (Å²) in [7, 11) is -2.98. The highest BCUT2D eigenvalue weighted by Gasteiger charge is 2.57. The van der Waals surface area contributed by atoms with Gasteiger partial charge in [-0.15, -0.1) is 0 Å². The highest BCUT2D eigenvalue weighted by atomic mass is 28.4. The van der Waals surface area contributed by atoms with Crippen LogP contribution in [0.2, 0.25) is 18.1 Å². The fourth-order valence-corrected chi connectivity index (χ4v) is 3.53. The number of benzene rings is 2. The van der Waals surface area contributed by atoms with E-state index in [0.29, 0.717) is 0 Å². The quantitative estimate of drug-likeness (QED) is 0.390. The summed E-state index contributed by atoms with van der Waals surface area (Å²) in [5.41, 5.74) is 0.0566. The Morgan fingerprint density at radius 3 is 1.80 bits per heavy atom. The summed E-state index contributed by atoms with van der Waals surface area (Å²) in [5, 5.41) is 9.94. The van der Waals surface area contributed by atoms with E-state index in [1.807, 2.05) is 0 Å². The molecule has 2 atom stereocenters. The zero-order valence-electron chi connectivity index (χ0n) is 20.3. The third-order valence-corrected chi connectivity index (χ3v) is 10.1. The van der Waals surface area contributed by atoms with Crippen molar-refractivity contribution in [3.05, 3.63) is 71.8 Å². The Morgan fingerprint density at radius 1 is 0.886 bits per heavy atom. The summed E-state index contributed by atoms with van der Waals surface area (Å²) in [6, 6.07) is 14.9. The second-order valence-corrected chi connectivity index (χ2v) is 14.2. The fraction of sp³-hybridized carbons (Fsp3) is 0.400. The van der Waals surface area contributed by atoms with Crippen molar-refractivity contribution in [3.63, 3.8) is 0 Å². The van der Waals surface area contributed by atoms with Crippen LogP contribution >= 0.6 is 0 Å². The molecule has 0 aliphatic rings. The molecule has 0 aromatic heterocycles. The first-order valence-corrected chi connectivity index (χ1v) is 13.8. The smallest absolute Gasteiger partial charge is 0.380 e. The predicted molar refractivity (Wildman–Crippen MR) is 127 cm³/mol. The van der Waals surface area contributed by atoms with E-state index in [2.05, 4.69) is 0 Å². The third-order valence-electron chi connectivity index (χ3n) is 5.77. The lowest BCUT2D eigenvalue weighted by atomic mass is 10.1. The van der Waals surface area contributed by atoms with Crippen molar-refractivity contribution in [2.75, 3.05) is 6.61 Å². The summed E-state index contributed by atoms with van der Waals surface area (Å²) in [5.74, 6) is -8.43. The Bertz CT molecular complexity index is 1020. The molecule has 0 aliphatic carbocycles. The molecule has 0 bridgehead atoms. The molecule has 0 heterocycles. The molecule has 1 N–H and O–H groups in total. The monoisotopic (exact) mass is 508 g/mol. The Labute approximate surface area is 204 Å². The number of hydrogen-bond donors (Lipinski definition) is 1. The van der Waals surface area contributed by atoms with Gasteiger partial charge in [-0.2, -0.15) is 8.78 Å². The van der Waals surface area contributed by atoms with Gasteiger partial charge < -0.3 is 19.0 Å². The van der Waals surface area contributed by atoms with Gasteiger partial charge in [-0.25, -0.2) is 14.4 Å². The van der Waals surface area contributed by atoms with Gasteiger partial charge in [0.05, 0.1) is 11.1 Å². The molecule has 0 saturated heterocycles. The average Bonchev–Trinajstić information content (AvgIpc) is 2.80. The van der Waals surface area contributed by atoms with Crippen LogP contribution in [0.1, 0.15) is 41.5 Å². The number of halogens is 2. The normalized spacial score (nSPS) is 13.9. The molecule has 10 heteroatoms. The summed E-state index contributed by atoms with van der Waals surface area (Å²) in [6.07, 6.45) is -4.90. The van der Waals surface area contributed by atoms with Gasteiger partial charge in [-0.1, -0.05) is 57.2 Å². The van der Waals surface area contributed by atoms with Crippen molar-refractivity contribution in [1.82, 2.24) is 0 Å². The van der Waals surface area contributed by atoms with Crippen LogP contribution < -0.4 is 0 Å². The Hall–Kier alpha value is -3.11. The van der Waals surface area contributed by atoms with Crippen LogP contribution in [0.15, 0.2) is 60.7 Å². The molecule has 7 nitrogen and oxygen atoms in total. The van der Waals surface area contributed by atoms with Gasteiger partial charge in [0, 0.05) is 0 Å². The van der Waals surface area contributed by atoms with Crippen LogP contribution in [0, 0.1) is 0 Å². The van der Waals surface area contributed by atoms with E-state index in [4.69, 9.17) is 13.9 Å². The molecule has 0 unspecified atom stereocenters. The SMILES string of the molecule is CC(C)(C)[Si](C)(C)OC(=O)C(F)(F)[C@H](OC(=O)c1ccccc1)[C@H](O)COC(=O)c1ccccc1. The first-order valence-electron chi connectivity index (χ1n) is 10.9. The van der Waals surface area contributed by atoms with E-state index in [-0.39, 0.29) is 11.1 Å². The van der Waals surface area contributed by atoms with Gasteiger partial charge in [-0.05, 0) is 42.4 Å². The minimum atomic E-state index is -4.43. The minimum Gasteiger partial charge on any atom is -0.515 e. The molecule has 2 aromatic rings. The van der Waals surface area contributed by atoms with Gasteiger partial charge in [0.1, 0.15) is 12.7 Å². The summed E-state index contributed by atoms with van der Waals surface area (Å²) >= 11 is 0. The van der Waals surface area contributed by atoms with E-state index in [9.17, 15) is 19.5 Å². The lowest BCUT2D eigenvalue weighted by molar-refractivity contribution is -0.195. The number of rotatable bonds is 9. The molecule has 0 radical (unpaired) electrons. The highest BCUT2D eigenvalue weighted by molar-refractivity contribution is 6.75. The van der Waals surface area contributed by atoms with Gasteiger partial charge in [-0.3, -0.25) is 0 Å². The van der Waals surface area contributed by atoms with Crippen LogP contribution in [0.25, 0.3) is 0 Å². The number of aliphatic hydroxyl groups is 1. The zero-order valence-corrected chi connectivity index (χ0v) is 21.3. The molecular formula is C25H30F2O7Si. The van der Waals surface area contributed by atoms with Gasteiger partial charge in [0.25, 0.3) is 8.32 Å². The van der Waals surface area contributed by atoms with Crippen molar-refractivity contribution in [2.24, 2.45) is 0 Å². The minimum absolute atomic E-state index is 0.0699. The van der Waals surface area contributed by atoms with Gasteiger partial charge in [0.15, 0.2) is 0 Å². The fourth-order valence-electron chi connectivity index (χ4n) is 2.63. The summed E-state index contributed by atoms with van der Waals surface area (Å²) in [6.45, 7) is 7.53. The lowest BCUT2D eigenvalue weighted by Crippen LogP contribution is -2.56. The maximum absolute atomic E-state index is 15.3. The Morgan fingerprint density at radius 2 is 1.34 bits per heavy atom. The number of ether oxygens (including phenoxy) is 2. The predicted octanol–water partition coefficient (Wildman–Crippen LogP) is 4.61. The molecule has 35 heavy (non-hydrogen) atoms. The van der Waals surface area contributed by atoms with Crippen LogP contribution in [0.5, 0.6) is 0 Å². The first kappa shape index (κ1) is 28.1. The Kier molecular flexibility index (Phi) is 8.91. The molecule has 2 rings (SSSR count). The molecule has 0 aliphatic heterocycles. The van der Waals surface area contributed by atoms with Crippen LogP contribution in [0.3, 0.4) is 0 Å². The standard InChI is InChI=1S/C25H30F2O7Si/c1-24(2,3)35(4,5)34-23(31)25(26,27)20(33-22(30)18-14-10-7-11-15-18)19(28)16-32-21(29)17-12-8-6-9-13-17/h6-15,19-20,28H,16H2,1-5H3/t19-,20-/m1/s1. The van der Waals surface area contributed by atoms with Crippen molar-refractivity contribution in [3.8, 4) is 0 Å². The Balaban J connectivity index is 2.28. The summed E-state index contributed by atoms with van der Waals surface area (Å²) < 4.78 is 45.7. The van der Waals surface area contributed by atoms with Crippen LogP contribution in [-0.4, -0.2) is 56.1 Å². The number of alkyl halides is 2. The van der Waals surface area contributed by atoms with Crippen molar-refractivity contribution >= 4 is 26.2 Å². The lowest BCUT2D eigenvalue weighted by Gasteiger charge is -2.37. The van der Waals surface area contributed by atoms with Gasteiger partial charge >= 0.3 is 23.8 Å². The van der Waals surface area contributed by atoms with E-state index < -0.39 is 56.0 Å². The molecule has 0 saturated carbocycles.